The SMILES string of the molecule is CCC(C)CC(C)N=C1NS(=O)(=O)c2ccccc21. The second kappa shape index (κ2) is 5.33. The Morgan fingerprint density at radius 3 is 2.63 bits per heavy atom. The van der Waals surface area contributed by atoms with Crippen LogP contribution in [0.4, 0.5) is 0 Å². The molecule has 1 aromatic carbocycles. The van der Waals surface area contributed by atoms with Gasteiger partial charge in [-0.25, -0.2) is 8.42 Å². The van der Waals surface area contributed by atoms with Crippen LogP contribution in [0.25, 0.3) is 0 Å². The summed E-state index contributed by atoms with van der Waals surface area (Å²) in [5.74, 6) is 1.07. The van der Waals surface area contributed by atoms with Gasteiger partial charge in [0.05, 0.1) is 4.90 Å². The number of aliphatic imine (C=N–C) groups is 1. The summed E-state index contributed by atoms with van der Waals surface area (Å²) in [7, 11) is -3.42. The molecule has 19 heavy (non-hydrogen) atoms. The van der Waals surface area contributed by atoms with Crippen LogP contribution in [0.2, 0.25) is 0 Å². The summed E-state index contributed by atoms with van der Waals surface area (Å²) in [6.07, 6.45) is 2.07. The predicted molar refractivity (Wildman–Crippen MR) is 76.8 cm³/mol. The van der Waals surface area contributed by atoms with E-state index in [4.69, 9.17) is 0 Å². The molecule has 0 spiro atoms. The average molecular weight is 280 g/mol. The Hall–Kier alpha value is -1.36. The first-order valence-corrected chi connectivity index (χ1v) is 8.12. The Balaban J connectivity index is 2.28. The molecule has 2 rings (SSSR count). The largest absolute Gasteiger partial charge is 0.264 e. The van der Waals surface area contributed by atoms with E-state index in [1.165, 1.54) is 0 Å². The zero-order valence-corrected chi connectivity index (χ0v) is 12.4. The lowest BCUT2D eigenvalue weighted by Gasteiger charge is -2.12. The van der Waals surface area contributed by atoms with E-state index >= 15 is 0 Å². The van der Waals surface area contributed by atoms with Gasteiger partial charge in [-0.05, 0) is 31.4 Å². The van der Waals surface area contributed by atoms with E-state index in [-0.39, 0.29) is 6.04 Å². The second-order valence-corrected chi connectivity index (χ2v) is 6.83. The fourth-order valence-electron chi connectivity index (χ4n) is 2.25. The Labute approximate surface area is 115 Å². The van der Waals surface area contributed by atoms with Gasteiger partial charge in [0.25, 0.3) is 10.0 Å². The number of fused-ring (bicyclic) bond motifs is 1. The molecule has 104 valence electrons. The van der Waals surface area contributed by atoms with Gasteiger partial charge in [0, 0.05) is 11.6 Å². The predicted octanol–water partition coefficient (Wildman–Crippen LogP) is 2.55. The van der Waals surface area contributed by atoms with Gasteiger partial charge >= 0.3 is 0 Å². The minimum Gasteiger partial charge on any atom is -0.264 e. The van der Waals surface area contributed by atoms with Crippen molar-refractivity contribution >= 4 is 15.9 Å². The Kier molecular flexibility index (Phi) is 3.94. The molecule has 1 aliphatic rings. The first-order valence-electron chi connectivity index (χ1n) is 6.64. The van der Waals surface area contributed by atoms with E-state index < -0.39 is 10.0 Å². The number of sulfonamides is 1. The molecule has 1 heterocycles. The van der Waals surface area contributed by atoms with Crippen molar-refractivity contribution in [3.8, 4) is 0 Å². The number of hydrogen-bond donors (Lipinski definition) is 1. The highest BCUT2D eigenvalue weighted by atomic mass is 32.2. The van der Waals surface area contributed by atoms with Crippen molar-refractivity contribution in [1.82, 2.24) is 4.72 Å². The van der Waals surface area contributed by atoms with Crippen LogP contribution in [-0.2, 0) is 10.0 Å². The van der Waals surface area contributed by atoms with E-state index in [1.807, 2.05) is 13.0 Å². The number of hydrogen-bond acceptors (Lipinski definition) is 3. The monoisotopic (exact) mass is 280 g/mol. The number of benzene rings is 1. The summed E-state index contributed by atoms with van der Waals surface area (Å²) in [5.41, 5.74) is 0.679. The molecule has 0 fully saturated rings. The zero-order chi connectivity index (χ0) is 14.0. The summed E-state index contributed by atoms with van der Waals surface area (Å²) in [5, 5.41) is 0. The molecule has 0 radical (unpaired) electrons. The summed E-state index contributed by atoms with van der Waals surface area (Å²) >= 11 is 0. The highest BCUT2D eigenvalue weighted by Gasteiger charge is 2.30. The summed E-state index contributed by atoms with van der Waals surface area (Å²) in [4.78, 5) is 4.85. The molecular formula is C14H20N2O2S. The van der Waals surface area contributed by atoms with Crippen molar-refractivity contribution in [1.29, 1.82) is 0 Å². The molecule has 0 saturated carbocycles. The van der Waals surface area contributed by atoms with Gasteiger partial charge in [-0.2, -0.15) is 0 Å². The molecule has 0 amide bonds. The van der Waals surface area contributed by atoms with E-state index in [9.17, 15) is 8.42 Å². The van der Waals surface area contributed by atoms with Gasteiger partial charge in [-0.3, -0.25) is 9.71 Å². The van der Waals surface area contributed by atoms with Crippen LogP contribution in [-0.4, -0.2) is 20.3 Å². The zero-order valence-electron chi connectivity index (χ0n) is 11.6. The molecule has 1 N–H and O–H groups in total. The van der Waals surface area contributed by atoms with Crippen molar-refractivity contribution in [2.45, 2.75) is 44.6 Å². The van der Waals surface area contributed by atoms with Crippen molar-refractivity contribution in [3.63, 3.8) is 0 Å². The van der Waals surface area contributed by atoms with Gasteiger partial charge in [0.15, 0.2) is 0 Å². The standard InChI is InChI=1S/C14H20N2O2S/c1-4-10(2)9-11(3)15-14-12-7-5-6-8-13(12)19(17,18)16-14/h5-8,10-11H,4,9H2,1-3H3,(H,15,16). The lowest BCUT2D eigenvalue weighted by Crippen LogP contribution is -2.24. The van der Waals surface area contributed by atoms with Gasteiger partial charge in [0.1, 0.15) is 5.84 Å². The topological polar surface area (TPSA) is 58.5 Å². The maximum absolute atomic E-state index is 11.9. The van der Waals surface area contributed by atoms with E-state index in [0.29, 0.717) is 22.2 Å². The van der Waals surface area contributed by atoms with Gasteiger partial charge in [-0.15, -0.1) is 0 Å². The number of rotatable bonds is 4. The number of amidine groups is 1. The number of nitrogens with zero attached hydrogens (tertiary/aromatic N) is 1. The van der Waals surface area contributed by atoms with Crippen LogP contribution in [0.15, 0.2) is 34.2 Å². The van der Waals surface area contributed by atoms with E-state index in [2.05, 4.69) is 23.6 Å². The fraction of sp³-hybridized carbons (Fsp3) is 0.500. The third-order valence-corrected chi connectivity index (χ3v) is 4.85. The molecule has 0 saturated heterocycles. The summed E-state index contributed by atoms with van der Waals surface area (Å²) < 4.78 is 26.4. The first kappa shape index (κ1) is 14.1. The smallest absolute Gasteiger partial charge is 0.263 e. The van der Waals surface area contributed by atoms with Crippen LogP contribution < -0.4 is 4.72 Å². The molecule has 5 heteroatoms. The molecule has 4 nitrogen and oxygen atoms in total. The van der Waals surface area contributed by atoms with Crippen LogP contribution in [0.3, 0.4) is 0 Å². The summed E-state index contributed by atoms with van der Waals surface area (Å²) in [6, 6.07) is 7.07. The van der Waals surface area contributed by atoms with Crippen molar-refractivity contribution in [2.75, 3.05) is 0 Å². The van der Waals surface area contributed by atoms with Crippen molar-refractivity contribution < 1.29 is 8.42 Å². The van der Waals surface area contributed by atoms with Gasteiger partial charge in [0.2, 0.25) is 0 Å². The molecule has 1 aromatic rings. The van der Waals surface area contributed by atoms with Crippen molar-refractivity contribution in [2.24, 2.45) is 10.9 Å². The maximum atomic E-state index is 11.9. The molecule has 0 aliphatic carbocycles. The van der Waals surface area contributed by atoms with Crippen LogP contribution in [0, 0.1) is 5.92 Å². The maximum Gasteiger partial charge on any atom is 0.263 e. The van der Waals surface area contributed by atoms with E-state index in [1.54, 1.807) is 18.2 Å². The second-order valence-electron chi connectivity index (χ2n) is 5.18. The average Bonchev–Trinajstić information content (AvgIpc) is 2.61. The summed E-state index contributed by atoms with van der Waals surface area (Å²) in [6.45, 7) is 6.36. The molecule has 2 atom stereocenters. The van der Waals surface area contributed by atoms with Crippen molar-refractivity contribution in [3.05, 3.63) is 29.8 Å². The lowest BCUT2D eigenvalue weighted by atomic mass is 10.0. The Morgan fingerprint density at radius 1 is 1.26 bits per heavy atom. The molecular weight excluding hydrogens is 260 g/mol. The van der Waals surface area contributed by atoms with Gasteiger partial charge < -0.3 is 0 Å². The van der Waals surface area contributed by atoms with Gasteiger partial charge in [-0.1, -0.05) is 32.4 Å². The third-order valence-electron chi connectivity index (χ3n) is 3.45. The lowest BCUT2D eigenvalue weighted by molar-refractivity contribution is 0.470. The van der Waals surface area contributed by atoms with Crippen LogP contribution in [0.1, 0.15) is 39.2 Å². The molecule has 2 unspecified atom stereocenters. The van der Waals surface area contributed by atoms with E-state index in [0.717, 1.165) is 12.8 Å². The van der Waals surface area contributed by atoms with Crippen LogP contribution >= 0.6 is 0 Å². The number of nitrogens with one attached hydrogen (secondary N) is 1. The molecule has 0 bridgehead atoms. The highest BCUT2D eigenvalue weighted by molar-refractivity contribution is 7.90. The quantitative estimate of drug-likeness (QED) is 0.921. The fourth-order valence-corrected chi connectivity index (χ4v) is 3.49. The Morgan fingerprint density at radius 2 is 1.95 bits per heavy atom. The highest BCUT2D eigenvalue weighted by Crippen LogP contribution is 2.23. The Bertz CT molecular complexity index is 593. The third kappa shape index (κ3) is 2.97. The minimum absolute atomic E-state index is 0.110. The first-order chi connectivity index (χ1) is 8.94. The minimum atomic E-state index is -3.42. The normalized spacial score (nSPS) is 21.7. The van der Waals surface area contributed by atoms with Crippen LogP contribution in [0.5, 0.6) is 0 Å². The molecule has 0 aromatic heterocycles. The molecule has 1 aliphatic heterocycles.